The summed E-state index contributed by atoms with van der Waals surface area (Å²) in [7, 11) is 0. The Morgan fingerprint density at radius 3 is 2.76 bits per heavy atom. The van der Waals surface area contributed by atoms with Crippen LogP contribution in [0.25, 0.3) is 11.1 Å². The molecule has 0 radical (unpaired) electrons. The van der Waals surface area contributed by atoms with E-state index in [-0.39, 0.29) is 25.5 Å². The van der Waals surface area contributed by atoms with Crippen molar-refractivity contribution in [1.29, 1.82) is 5.26 Å². The number of nitriles is 1. The molecule has 4 atom stereocenters. The van der Waals surface area contributed by atoms with Crippen LogP contribution in [0.3, 0.4) is 0 Å². The van der Waals surface area contributed by atoms with Crippen LogP contribution in [0.2, 0.25) is 0 Å². The highest BCUT2D eigenvalue weighted by Gasteiger charge is 2.40. The molecule has 1 saturated heterocycles. The van der Waals surface area contributed by atoms with Gasteiger partial charge in [0.05, 0.1) is 12.6 Å². The number of fused-ring (bicyclic) bond motifs is 3. The number of carbonyl (C=O) groups excluding carboxylic acids is 2. The fourth-order valence-corrected chi connectivity index (χ4v) is 4.68. The number of alkyl halides is 1. The van der Waals surface area contributed by atoms with Gasteiger partial charge in [0.1, 0.15) is 24.9 Å². The van der Waals surface area contributed by atoms with E-state index in [0.29, 0.717) is 6.42 Å². The summed E-state index contributed by atoms with van der Waals surface area (Å²) < 4.78 is 19.3. The van der Waals surface area contributed by atoms with Gasteiger partial charge in [0, 0.05) is 6.42 Å². The summed E-state index contributed by atoms with van der Waals surface area (Å²) in [5.41, 5.74) is 5.66. The predicted molar refractivity (Wildman–Crippen MR) is 122 cm³/mol. The molecule has 1 N–H and O–H groups in total. The molecule has 2 aromatic carbocycles. The van der Waals surface area contributed by atoms with Crippen molar-refractivity contribution in [2.24, 2.45) is 5.92 Å². The number of hydrogen-bond donors (Lipinski definition) is 1. The summed E-state index contributed by atoms with van der Waals surface area (Å²) in [4.78, 5) is 27.0. The largest absolute Gasteiger partial charge is 0.445 e. The van der Waals surface area contributed by atoms with Crippen molar-refractivity contribution in [2.45, 2.75) is 58.0 Å². The van der Waals surface area contributed by atoms with E-state index in [9.17, 15) is 19.2 Å². The third kappa shape index (κ3) is 4.56. The van der Waals surface area contributed by atoms with Crippen molar-refractivity contribution >= 4 is 12.0 Å². The lowest BCUT2D eigenvalue weighted by atomic mass is 9.97. The van der Waals surface area contributed by atoms with Crippen LogP contribution >= 0.6 is 0 Å². The first-order chi connectivity index (χ1) is 15.9. The van der Waals surface area contributed by atoms with E-state index in [1.54, 1.807) is 0 Å². The molecule has 2 aliphatic rings. The van der Waals surface area contributed by atoms with Crippen LogP contribution in [0.1, 0.15) is 43.4 Å². The predicted octanol–water partition coefficient (Wildman–Crippen LogP) is 4.36. The van der Waals surface area contributed by atoms with Gasteiger partial charge in [-0.05, 0) is 40.2 Å². The van der Waals surface area contributed by atoms with E-state index in [0.717, 1.165) is 23.1 Å². The van der Waals surface area contributed by atoms with Crippen molar-refractivity contribution in [3.8, 4) is 17.2 Å². The number of halogens is 1. The SMILES string of the molecule is CC[C@H](C)[C@H](NC(=O)OCc1cccc2c1Cc1ccccc1-2)C(=O)N1C[C@@H](F)C[C@H]1C#N. The number of carbonyl (C=O) groups is 2. The van der Waals surface area contributed by atoms with Gasteiger partial charge in [0.25, 0.3) is 0 Å². The zero-order valence-corrected chi connectivity index (χ0v) is 18.9. The minimum absolute atomic E-state index is 0.00141. The quantitative estimate of drug-likeness (QED) is 0.606. The number of benzene rings is 2. The first-order valence-electron chi connectivity index (χ1n) is 11.4. The smallest absolute Gasteiger partial charge is 0.408 e. The standard InChI is InChI=1S/C26H28FN3O3/c1-3-16(2)24(25(31)30-14-19(27)12-20(30)13-28)29-26(32)33-15-18-8-6-10-22-21-9-5-4-7-17(21)11-23(18)22/h4-10,16,19-20,24H,3,11-12,14-15H2,1-2H3,(H,29,32)/t16-,19-,20-,24-/m0/s1. The van der Waals surface area contributed by atoms with Crippen LogP contribution in [0.4, 0.5) is 9.18 Å². The van der Waals surface area contributed by atoms with Gasteiger partial charge in [-0.1, -0.05) is 62.7 Å². The van der Waals surface area contributed by atoms with Gasteiger partial charge in [0.15, 0.2) is 0 Å². The number of nitrogens with one attached hydrogen (secondary N) is 1. The van der Waals surface area contributed by atoms with E-state index in [2.05, 4.69) is 23.5 Å². The molecule has 1 heterocycles. The second-order valence-electron chi connectivity index (χ2n) is 8.83. The zero-order valence-electron chi connectivity index (χ0n) is 18.9. The lowest BCUT2D eigenvalue weighted by Crippen LogP contribution is -2.53. The second-order valence-corrected chi connectivity index (χ2v) is 8.83. The van der Waals surface area contributed by atoms with Crippen LogP contribution in [0, 0.1) is 17.2 Å². The van der Waals surface area contributed by atoms with Gasteiger partial charge >= 0.3 is 6.09 Å². The maximum absolute atomic E-state index is 13.8. The first kappa shape index (κ1) is 22.8. The Labute approximate surface area is 193 Å². The fraction of sp³-hybridized carbons (Fsp3) is 0.423. The summed E-state index contributed by atoms with van der Waals surface area (Å²) in [5.74, 6) is -0.637. The van der Waals surface area contributed by atoms with E-state index >= 15 is 0 Å². The minimum Gasteiger partial charge on any atom is -0.445 e. The number of alkyl carbamates (subject to hydrolysis) is 1. The number of rotatable bonds is 6. The lowest BCUT2D eigenvalue weighted by molar-refractivity contribution is -0.134. The molecule has 0 saturated carbocycles. The number of amides is 2. The summed E-state index contributed by atoms with van der Waals surface area (Å²) in [5, 5.41) is 12.0. The molecule has 0 unspecified atom stereocenters. The van der Waals surface area contributed by atoms with Crippen molar-refractivity contribution in [3.63, 3.8) is 0 Å². The van der Waals surface area contributed by atoms with Crippen molar-refractivity contribution in [1.82, 2.24) is 10.2 Å². The highest BCUT2D eigenvalue weighted by molar-refractivity contribution is 5.87. The molecule has 0 spiro atoms. The molecule has 0 bridgehead atoms. The summed E-state index contributed by atoms with van der Waals surface area (Å²) in [6.07, 6.45) is -0.513. The van der Waals surface area contributed by atoms with Gasteiger partial charge in [0.2, 0.25) is 5.91 Å². The Bertz CT molecular complexity index is 1100. The first-order valence-corrected chi connectivity index (χ1v) is 11.4. The lowest BCUT2D eigenvalue weighted by Gasteiger charge is -2.29. The highest BCUT2D eigenvalue weighted by Crippen LogP contribution is 2.38. The van der Waals surface area contributed by atoms with Crippen molar-refractivity contribution in [3.05, 3.63) is 59.2 Å². The highest BCUT2D eigenvalue weighted by atomic mass is 19.1. The maximum atomic E-state index is 13.8. The molecule has 33 heavy (non-hydrogen) atoms. The summed E-state index contributed by atoms with van der Waals surface area (Å²) in [6, 6.07) is 14.5. The van der Waals surface area contributed by atoms with Crippen LogP contribution in [-0.4, -0.2) is 41.7 Å². The molecule has 4 rings (SSSR count). The summed E-state index contributed by atoms with van der Waals surface area (Å²) in [6.45, 7) is 3.71. The number of nitrogens with zero attached hydrogens (tertiary/aromatic N) is 2. The Morgan fingerprint density at radius 1 is 1.24 bits per heavy atom. The number of hydrogen-bond acceptors (Lipinski definition) is 4. The average Bonchev–Trinajstić information content (AvgIpc) is 3.40. The van der Waals surface area contributed by atoms with Crippen LogP contribution in [0.15, 0.2) is 42.5 Å². The number of likely N-dealkylation sites (tertiary alicyclic amines) is 1. The average molecular weight is 450 g/mol. The molecule has 2 amide bonds. The van der Waals surface area contributed by atoms with Crippen LogP contribution in [-0.2, 0) is 22.6 Å². The Balaban J connectivity index is 1.43. The van der Waals surface area contributed by atoms with Gasteiger partial charge < -0.3 is 15.0 Å². The second kappa shape index (κ2) is 9.62. The van der Waals surface area contributed by atoms with Gasteiger partial charge in [-0.2, -0.15) is 5.26 Å². The van der Waals surface area contributed by atoms with Gasteiger partial charge in [-0.3, -0.25) is 4.79 Å². The van der Waals surface area contributed by atoms with E-state index < -0.39 is 30.3 Å². The van der Waals surface area contributed by atoms with Crippen LogP contribution < -0.4 is 5.32 Å². The van der Waals surface area contributed by atoms with Crippen molar-refractivity contribution in [2.75, 3.05) is 6.54 Å². The third-order valence-corrected chi connectivity index (χ3v) is 6.74. The molecular formula is C26H28FN3O3. The monoisotopic (exact) mass is 449 g/mol. The van der Waals surface area contributed by atoms with E-state index in [1.807, 2.05) is 44.2 Å². The molecule has 172 valence electrons. The fourth-order valence-electron chi connectivity index (χ4n) is 4.68. The van der Waals surface area contributed by atoms with Crippen molar-refractivity contribution < 1.29 is 18.7 Å². The molecule has 1 aliphatic carbocycles. The van der Waals surface area contributed by atoms with E-state index in [1.165, 1.54) is 16.0 Å². The Morgan fingerprint density at radius 2 is 2.00 bits per heavy atom. The topological polar surface area (TPSA) is 82.4 Å². The molecule has 2 aromatic rings. The molecule has 7 heteroatoms. The normalized spacial score (nSPS) is 20.4. The molecule has 1 fully saturated rings. The molecule has 6 nitrogen and oxygen atoms in total. The zero-order chi connectivity index (χ0) is 23.5. The minimum atomic E-state index is -1.23. The van der Waals surface area contributed by atoms with Gasteiger partial charge in [-0.25, -0.2) is 9.18 Å². The van der Waals surface area contributed by atoms with Crippen LogP contribution in [0.5, 0.6) is 0 Å². The molecule has 1 aliphatic heterocycles. The Hall–Kier alpha value is -3.40. The van der Waals surface area contributed by atoms with Gasteiger partial charge in [-0.15, -0.1) is 0 Å². The molecule has 0 aromatic heterocycles. The van der Waals surface area contributed by atoms with E-state index in [4.69, 9.17) is 4.74 Å². The molecular weight excluding hydrogens is 421 g/mol. The maximum Gasteiger partial charge on any atom is 0.408 e. The Kier molecular flexibility index (Phi) is 6.64. The third-order valence-electron chi connectivity index (χ3n) is 6.74. The summed E-state index contributed by atoms with van der Waals surface area (Å²) >= 11 is 0. The number of ether oxygens (including phenoxy) is 1.